The van der Waals surface area contributed by atoms with E-state index in [-0.39, 0.29) is 29.2 Å². The molecule has 41 heavy (non-hydrogen) atoms. The Morgan fingerprint density at radius 1 is 0.902 bits per heavy atom. The number of ketones is 1. The van der Waals surface area contributed by atoms with Gasteiger partial charge in [0, 0.05) is 24.7 Å². The summed E-state index contributed by atoms with van der Waals surface area (Å²) in [6.07, 6.45) is 6.11. The first kappa shape index (κ1) is 33.4. The number of hydrogen-bond donors (Lipinski definition) is 5. The molecule has 1 saturated carbocycles. The standard InChI is InChI=1S/C29H44N6O6/c1-16(2)22(23(37)27(40)33-20-11-9-8-10-12-20)34-25(38)17(3)31-28(41)24(29(5,6)7)35-26(39)19-13-14-30-21(15-19)32-18(4)36/h13-17,20,22,24H,8-12H2,1-7H3,(H,31,41)(H,33,40)(H,34,38)(H,35,39)(H,30,32,36)/t17-,22-,24+/m0/s1. The van der Waals surface area contributed by atoms with Crippen LogP contribution < -0.4 is 26.6 Å². The van der Waals surface area contributed by atoms with Gasteiger partial charge < -0.3 is 26.6 Å². The SMILES string of the molecule is CC(=O)Nc1cc(C(=O)N[C@H](C(=O)N[C@@H](C)C(=O)N[C@H](C(=O)C(=O)NC2CCCCC2)C(C)C)C(C)(C)C)ccn1. The van der Waals surface area contributed by atoms with Crippen LogP contribution in [0.2, 0.25) is 0 Å². The van der Waals surface area contributed by atoms with Crippen molar-refractivity contribution < 1.29 is 28.8 Å². The fourth-order valence-electron chi connectivity index (χ4n) is 4.53. The number of rotatable bonds is 11. The minimum absolute atomic E-state index is 0.0457. The van der Waals surface area contributed by atoms with Crippen LogP contribution in [0.5, 0.6) is 0 Å². The summed E-state index contributed by atoms with van der Waals surface area (Å²) in [5.41, 5.74) is -0.557. The Labute approximate surface area is 241 Å². The Balaban J connectivity index is 2.06. The summed E-state index contributed by atoms with van der Waals surface area (Å²) in [6.45, 7) is 11.5. The van der Waals surface area contributed by atoms with Crippen LogP contribution in [0.4, 0.5) is 5.82 Å². The zero-order chi connectivity index (χ0) is 30.9. The highest BCUT2D eigenvalue weighted by molar-refractivity contribution is 6.38. The van der Waals surface area contributed by atoms with Crippen LogP contribution >= 0.6 is 0 Å². The predicted octanol–water partition coefficient (Wildman–Crippen LogP) is 1.85. The number of hydrogen-bond acceptors (Lipinski definition) is 7. The molecule has 5 amide bonds. The quantitative estimate of drug-likeness (QED) is 0.251. The van der Waals surface area contributed by atoms with Gasteiger partial charge in [-0.1, -0.05) is 53.9 Å². The summed E-state index contributed by atoms with van der Waals surface area (Å²) >= 11 is 0. The van der Waals surface area contributed by atoms with Crippen molar-refractivity contribution in [1.29, 1.82) is 0 Å². The number of aromatic nitrogens is 1. The molecule has 0 aromatic carbocycles. The van der Waals surface area contributed by atoms with Crippen molar-refractivity contribution >= 4 is 41.1 Å². The van der Waals surface area contributed by atoms with E-state index in [1.165, 1.54) is 32.2 Å². The number of anilines is 1. The van der Waals surface area contributed by atoms with Gasteiger partial charge in [-0.05, 0) is 43.2 Å². The van der Waals surface area contributed by atoms with Crippen molar-refractivity contribution in [1.82, 2.24) is 26.3 Å². The Kier molecular flexibility index (Phi) is 12.0. The topological polar surface area (TPSA) is 175 Å². The van der Waals surface area contributed by atoms with Crippen molar-refractivity contribution in [2.45, 2.75) is 105 Å². The molecule has 1 aliphatic rings. The molecule has 5 N–H and O–H groups in total. The molecule has 226 valence electrons. The van der Waals surface area contributed by atoms with Crippen molar-refractivity contribution in [3.8, 4) is 0 Å². The molecular weight excluding hydrogens is 528 g/mol. The predicted molar refractivity (Wildman–Crippen MR) is 154 cm³/mol. The van der Waals surface area contributed by atoms with Crippen LogP contribution in [0, 0.1) is 11.3 Å². The molecule has 1 heterocycles. The number of amides is 5. The zero-order valence-corrected chi connectivity index (χ0v) is 25.1. The van der Waals surface area contributed by atoms with Crippen LogP contribution in [0.1, 0.15) is 90.9 Å². The van der Waals surface area contributed by atoms with E-state index in [0.717, 1.165) is 32.1 Å². The second kappa shape index (κ2) is 14.7. The third-order valence-electron chi connectivity index (χ3n) is 6.89. The highest BCUT2D eigenvalue weighted by Gasteiger charge is 2.36. The monoisotopic (exact) mass is 572 g/mol. The third-order valence-corrected chi connectivity index (χ3v) is 6.89. The van der Waals surface area contributed by atoms with Crippen LogP contribution in [0.3, 0.4) is 0 Å². The van der Waals surface area contributed by atoms with Gasteiger partial charge in [-0.2, -0.15) is 0 Å². The fourth-order valence-corrected chi connectivity index (χ4v) is 4.53. The summed E-state index contributed by atoms with van der Waals surface area (Å²) in [5.74, 6) is -3.78. The third kappa shape index (κ3) is 10.3. The average molecular weight is 573 g/mol. The first-order valence-corrected chi connectivity index (χ1v) is 14.1. The molecule has 2 rings (SSSR count). The zero-order valence-electron chi connectivity index (χ0n) is 25.1. The molecule has 0 bridgehead atoms. The normalized spacial score (nSPS) is 16.1. The lowest BCUT2D eigenvalue weighted by atomic mass is 9.85. The molecule has 1 aliphatic carbocycles. The van der Waals surface area contributed by atoms with Crippen LogP contribution in [-0.2, 0) is 24.0 Å². The van der Waals surface area contributed by atoms with E-state index in [2.05, 4.69) is 31.6 Å². The van der Waals surface area contributed by atoms with Crippen molar-refractivity contribution in [2.75, 3.05) is 5.32 Å². The molecule has 3 atom stereocenters. The number of nitrogens with one attached hydrogen (secondary N) is 5. The second-order valence-corrected chi connectivity index (χ2v) is 12.0. The lowest BCUT2D eigenvalue weighted by Gasteiger charge is -2.31. The lowest BCUT2D eigenvalue weighted by molar-refractivity contribution is -0.141. The van der Waals surface area contributed by atoms with E-state index in [4.69, 9.17) is 0 Å². The van der Waals surface area contributed by atoms with Crippen molar-refractivity contribution in [3.63, 3.8) is 0 Å². The number of pyridine rings is 1. The molecule has 1 aromatic rings. The van der Waals surface area contributed by atoms with Gasteiger partial charge in [0.05, 0.1) is 6.04 Å². The van der Waals surface area contributed by atoms with E-state index < -0.39 is 53.0 Å². The molecule has 0 unspecified atom stereocenters. The van der Waals surface area contributed by atoms with Crippen LogP contribution in [0.15, 0.2) is 18.3 Å². The summed E-state index contributed by atoms with van der Waals surface area (Å²) in [4.78, 5) is 80.1. The van der Waals surface area contributed by atoms with Gasteiger partial charge in [0.15, 0.2) is 0 Å². The molecule has 0 aliphatic heterocycles. The smallest absolute Gasteiger partial charge is 0.289 e. The Morgan fingerprint density at radius 2 is 1.54 bits per heavy atom. The van der Waals surface area contributed by atoms with Gasteiger partial charge in [-0.3, -0.25) is 28.8 Å². The fraction of sp³-hybridized carbons (Fsp3) is 0.621. The number of carbonyl (C=O) groups is 6. The second-order valence-electron chi connectivity index (χ2n) is 12.0. The summed E-state index contributed by atoms with van der Waals surface area (Å²) in [5, 5.41) is 13.2. The molecule has 0 saturated heterocycles. The number of carbonyl (C=O) groups excluding carboxylic acids is 6. The largest absolute Gasteiger partial charge is 0.347 e. The van der Waals surface area contributed by atoms with E-state index in [1.807, 2.05) is 0 Å². The van der Waals surface area contributed by atoms with Gasteiger partial charge in [0.25, 0.3) is 11.8 Å². The maximum atomic E-state index is 13.3. The van der Waals surface area contributed by atoms with Gasteiger partial charge in [-0.25, -0.2) is 4.98 Å². The van der Waals surface area contributed by atoms with Crippen LogP contribution in [-0.4, -0.2) is 64.5 Å². The first-order valence-electron chi connectivity index (χ1n) is 14.1. The Hall–Kier alpha value is -3.83. The minimum atomic E-state index is -1.06. The molecule has 0 radical (unpaired) electrons. The molecule has 12 heteroatoms. The highest BCUT2D eigenvalue weighted by Crippen LogP contribution is 2.21. The van der Waals surface area contributed by atoms with Gasteiger partial charge in [0.1, 0.15) is 17.9 Å². The molecule has 1 fully saturated rings. The minimum Gasteiger partial charge on any atom is -0.347 e. The van der Waals surface area contributed by atoms with E-state index >= 15 is 0 Å². The summed E-state index contributed by atoms with van der Waals surface area (Å²) < 4.78 is 0. The number of Topliss-reactive ketones (excluding diaryl/α,β-unsaturated/α-hetero) is 1. The number of nitrogens with zero attached hydrogens (tertiary/aromatic N) is 1. The summed E-state index contributed by atoms with van der Waals surface area (Å²) in [6, 6.07) is -0.373. The molecular formula is C29H44N6O6. The Bertz CT molecular complexity index is 1140. The summed E-state index contributed by atoms with van der Waals surface area (Å²) in [7, 11) is 0. The van der Waals surface area contributed by atoms with Gasteiger partial charge in [0.2, 0.25) is 23.5 Å². The molecule has 1 aromatic heterocycles. The maximum Gasteiger partial charge on any atom is 0.289 e. The van der Waals surface area contributed by atoms with Gasteiger partial charge >= 0.3 is 0 Å². The van der Waals surface area contributed by atoms with Gasteiger partial charge in [-0.15, -0.1) is 0 Å². The maximum absolute atomic E-state index is 13.3. The van der Waals surface area contributed by atoms with E-state index in [1.54, 1.807) is 34.6 Å². The van der Waals surface area contributed by atoms with Crippen molar-refractivity contribution in [2.24, 2.45) is 11.3 Å². The molecule has 0 spiro atoms. The van der Waals surface area contributed by atoms with Crippen LogP contribution in [0.25, 0.3) is 0 Å². The Morgan fingerprint density at radius 3 is 2.10 bits per heavy atom. The first-order chi connectivity index (χ1) is 19.1. The van der Waals surface area contributed by atoms with E-state index in [0.29, 0.717) is 0 Å². The molecule has 12 nitrogen and oxygen atoms in total. The van der Waals surface area contributed by atoms with Crippen molar-refractivity contribution in [3.05, 3.63) is 23.9 Å². The highest BCUT2D eigenvalue weighted by atomic mass is 16.2. The lowest BCUT2D eigenvalue weighted by Crippen LogP contribution is -2.59. The average Bonchev–Trinajstić information content (AvgIpc) is 2.89. The van der Waals surface area contributed by atoms with E-state index in [9.17, 15) is 28.8 Å².